The molecule has 0 atom stereocenters. The molecule has 5 nitrogen and oxygen atoms in total. The number of halogens is 3. The van der Waals surface area contributed by atoms with E-state index in [-0.39, 0.29) is 17.2 Å². The highest BCUT2D eigenvalue weighted by Crippen LogP contribution is 2.18. The molecule has 0 fully saturated rings. The van der Waals surface area contributed by atoms with Gasteiger partial charge in [0, 0.05) is 6.20 Å². The first-order chi connectivity index (χ1) is 8.33. The fourth-order valence-electron chi connectivity index (χ4n) is 1.17. The molecule has 0 unspecified atom stereocenters. The van der Waals surface area contributed by atoms with Crippen LogP contribution in [0.2, 0.25) is 0 Å². The number of carbonyl (C=O) groups excluding carboxylic acids is 1. The van der Waals surface area contributed by atoms with Crippen LogP contribution in [0.5, 0.6) is 0 Å². The first-order valence-corrected chi connectivity index (χ1v) is 5.16. The van der Waals surface area contributed by atoms with Gasteiger partial charge in [-0.3, -0.25) is 0 Å². The number of nitrogens with one attached hydrogen (secondary N) is 1. The van der Waals surface area contributed by atoms with E-state index in [1.807, 2.05) is 0 Å². The molecular weight excluding hydrogens is 271 g/mol. The first-order valence-electron chi connectivity index (χ1n) is 4.75. The maximum absolute atomic E-state index is 12.2. The lowest BCUT2D eigenvalue weighted by atomic mass is 10.4. The molecule has 1 heterocycles. The van der Waals surface area contributed by atoms with Crippen LogP contribution in [0.25, 0.3) is 0 Å². The topological polar surface area (TPSA) is 56.1 Å². The van der Waals surface area contributed by atoms with E-state index >= 15 is 0 Å². The van der Waals surface area contributed by atoms with E-state index in [9.17, 15) is 18.0 Å². The summed E-state index contributed by atoms with van der Waals surface area (Å²) < 4.78 is 41.9. The van der Waals surface area contributed by atoms with E-state index in [1.54, 1.807) is 0 Å². The minimum atomic E-state index is -4.34. The Kier molecular flexibility index (Phi) is 4.65. The van der Waals surface area contributed by atoms with E-state index in [1.165, 1.54) is 6.20 Å². The number of rotatable bonds is 3. The third-order valence-corrected chi connectivity index (χ3v) is 2.26. The number of hydrogen-bond acceptors (Lipinski definition) is 4. The average Bonchev–Trinajstić information content (AvgIpc) is 2.69. The maximum Gasteiger partial charge on any atom is 0.406 e. The Hall–Kier alpha value is -1.64. The molecule has 0 bridgehead atoms. The van der Waals surface area contributed by atoms with Crippen LogP contribution < -0.4 is 5.32 Å². The summed E-state index contributed by atoms with van der Waals surface area (Å²) >= 11 is 4.66. The lowest BCUT2D eigenvalue weighted by molar-refractivity contribution is -0.141. The van der Waals surface area contributed by atoms with Crippen LogP contribution in [0.1, 0.15) is 5.69 Å². The van der Waals surface area contributed by atoms with E-state index in [4.69, 9.17) is 0 Å². The molecule has 1 aromatic heterocycles. The van der Waals surface area contributed by atoms with Crippen LogP contribution in [0.4, 0.5) is 13.2 Å². The number of alkyl halides is 3. The Morgan fingerprint density at radius 1 is 1.61 bits per heavy atom. The van der Waals surface area contributed by atoms with Crippen molar-refractivity contribution in [3.8, 4) is 0 Å². The van der Waals surface area contributed by atoms with Crippen molar-refractivity contribution in [1.82, 2.24) is 14.9 Å². The largest absolute Gasteiger partial charge is 0.464 e. The molecule has 1 aromatic rings. The van der Waals surface area contributed by atoms with Crippen LogP contribution in [0.15, 0.2) is 12.5 Å². The number of thiocarbonyl (C=S) groups is 1. The molecule has 0 aliphatic heterocycles. The van der Waals surface area contributed by atoms with Gasteiger partial charge < -0.3 is 14.6 Å². The zero-order valence-corrected chi connectivity index (χ0v) is 10.1. The molecule has 18 heavy (non-hydrogen) atoms. The fraction of sp³-hybridized carbons (Fsp3) is 0.444. The molecule has 0 radical (unpaired) electrons. The zero-order valence-electron chi connectivity index (χ0n) is 9.32. The minimum Gasteiger partial charge on any atom is -0.464 e. The average molecular weight is 281 g/mol. The Morgan fingerprint density at radius 3 is 2.83 bits per heavy atom. The number of esters is 1. The van der Waals surface area contributed by atoms with Crippen LogP contribution >= 0.6 is 12.2 Å². The molecule has 0 spiro atoms. The normalized spacial score (nSPS) is 11.1. The second-order valence-corrected chi connectivity index (χ2v) is 3.71. The number of carbonyl (C=O) groups is 1. The van der Waals surface area contributed by atoms with Gasteiger partial charge in [0.2, 0.25) is 0 Å². The molecule has 1 rings (SSSR count). The van der Waals surface area contributed by atoms with Crippen molar-refractivity contribution < 1.29 is 22.7 Å². The summed E-state index contributed by atoms with van der Waals surface area (Å²) in [6.07, 6.45) is -2.01. The highest BCUT2D eigenvalue weighted by Gasteiger charge is 2.28. The predicted octanol–water partition coefficient (Wildman–Crippen LogP) is 1.04. The number of aromatic nitrogens is 2. The summed E-state index contributed by atoms with van der Waals surface area (Å²) in [4.78, 5) is 14.4. The van der Waals surface area contributed by atoms with Gasteiger partial charge in [-0.25, -0.2) is 9.78 Å². The van der Waals surface area contributed by atoms with Gasteiger partial charge in [0.1, 0.15) is 6.54 Å². The second kappa shape index (κ2) is 5.80. The summed E-state index contributed by atoms with van der Waals surface area (Å²) in [6.45, 7) is -1.18. The van der Waals surface area contributed by atoms with Gasteiger partial charge in [-0.15, -0.1) is 0 Å². The summed E-state index contributed by atoms with van der Waals surface area (Å²) in [5, 5.41) is 2.49. The molecule has 100 valence electrons. The van der Waals surface area contributed by atoms with Gasteiger partial charge in [-0.05, 0) is 0 Å². The monoisotopic (exact) mass is 281 g/mol. The summed E-state index contributed by atoms with van der Waals surface area (Å²) in [7, 11) is 1.16. The standard InChI is InChI=1S/C9H10F3N3O2S/c1-17-8(16)7(18)14-3-6-2-13-5-15(6)4-9(10,11)12/h2,5H,3-4H2,1H3,(H,14,18). The molecule has 9 heteroatoms. The van der Waals surface area contributed by atoms with Crippen molar-refractivity contribution in [3.63, 3.8) is 0 Å². The summed E-state index contributed by atoms with van der Waals surface area (Å²) in [6, 6.07) is 0. The van der Waals surface area contributed by atoms with E-state index in [0.717, 1.165) is 18.0 Å². The lowest BCUT2D eigenvalue weighted by Gasteiger charge is -2.11. The van der Waals surface area contributed by atoms with Gasteiger partial charge in [0.15, 0.2) is 4.99 Å². The quantitative estimate of drug-likeness (QED) is 0.662. The van der Waals surface area contributed by atoms with Crippen molar-refractivity contribution in [2.75, 3.05) is 7.11 Å². The maximum atomic E-state index is 12.2. The third kappa shape index (κ3) is 4.32. The highest BCUT2D eigenvalue weighted by molar-refractivity contribution is 7.81. The molecule has 0 saturated heterocycles. The number of hydrogen-bond donors (Lipinski definition) is 1. The highest BCUT2D eigenvalue weighted by atomic mass is 32.1. The van der Waals surface area contributed by atoms with Gasteiger partial charge in [-0.1, -0.05) is 12.2 Å². The Bertz CT molecular complexity index is 445. The molecule has 0 aromatic carbocycles. The van der Waals surface area contributed by atoms with E-state index in [2.05, 4.69) is 27.3 Å². The smallest absolute Gasteiger partial charge is 0.406 e. The number of nitrogens with zero attached hydrogens (tertiary/aromatic N) is 2. The third-order valence-electron chi connectivity index (χ3n) is 1.95. The van der Waals surface area contributed by atoms with Crippen LogP contribution in [-0.2, 0) is 22.6 Å². The van der Waals surface area contributed by atoms with E-state index < -0.39 is 18.7 Å². The molecule has 0 amide bonds. The SMILES string of the molecule is COC(=O)C(=S)NCc1cncn1CC(F)(F)F. The summed E-state index contributed by atoms with van der Waals surface area (Å²) in [5.41, 5.74) is 0.263. The van der Waals surface area contributed by atoms with Crippen molar-refractivity contribution in [2.24, 2.45) is 0 Å². The molecular formula is C9H10F3N3O2S. The summed E-state index contributed by atoms with van der Waals surface area (Å²) in [5.74, 6) is -0.744. The second-order valence-electron chi connectivity index (χ2n) is 3.30. The Labute approximate surface area is 106 Å². The number of ether oxygens (including phenoxy) is 1. The predicted molar refractivity (Wildman–Crippen MR) is 59.7 cm³/mol. The van der Waals surface area contributed by atoms with Crippen LogP contribution in [0, 0.1) is 0 Å². The van der Waals surface area contributed by atoms with Crippen molar-refractivity contribution in [2.45, 2.75) is 19.3 Å². The molecule has 1 N–H and O–H groups in total. The Morgan fingerprint density at radius 2 is 2.28 bits per heavy atom. The van der Waals surface area contributed by atoms with Gasteiger partial charge in [0.05, 0.1) is 25.7 Å². The fourth-order valence-corrected chi connectivity index (χ4v) is 1.32. The minimum absolute atomic E-state index is 0.0377. The molecule has 0 aliphatic carbocycles. The van der Waals surface area contributed by atoms with Crippen LogP contribution in [-0.4, -0.2) is 33.8 Å². The van der Waals surface area contributed by atoms with Gasteiger partial charge >= 0.3 is 12.1 Å². The van der Waals surface area contributed by atoms with Gasteiger partial charge in [0.25, 0.3) is 0 Å². The number of methoxy groups -OCH3 is 1. The van der Waals surface area contributed by atoms with Crippen molar-refractivity contribution in [3.05, 3.63) is 18.2 Å². The number of imidazole rings is 1. The van der Waals surface area contributed by atoms with Crippen LogP contribution in [0.3, 0.4) is 0 Å². The van der Waals surface area contributed by atoms with Crippen molar-refractivity contribution in [1.29, 1.82) is 0 Å². The van der Waals surface area contributed by atoms with Gasteiger partial charge in [-0.2, -0.15) is 13.2 Å². The van der Waals surface area contributed by atoms with E-state index in [0.29, 0.717) is 0 Å². The Balaban J connectivity index is 2.61. The first kappa shape index (κ1) is 14.4. The molecule has 0 aliphatic rings. The zero-order chi connectivity index (χ0) is 13.8. The molecule has 0 saturated carbocycles. The lowest BCUT2D eigenvalue weighted by Crippen LogP contribution is -2.31. The van der Waals surface area contributed by atoms with Crippen molar-refractivity contribution >= 4 is 23.2 Å².